The van der Waals surface area contributed by atoms with E-state index in [2.05, 4.69) is 9.97 Å². The van der Waals surface area contributed by atoms with Crippen LogP contribution in [0.5, 0.6) is 23.0 Å². The summed E-state index contributed by atoms with van der Waals surface area (Å²) in [5.74, 6) is 1.99. The molecule has 4 aromatic rings. The van der Waals surface area contributed by atoms with Gasteiger partial charge in [-0.25, -0.2) is 9.78 Å². The molecule has 1 N–H and O–H groups in total. The number of benzene rings is 2. The molecule has 0 aliphatic carbocycles. The third kappa shape index (κ3) is 4.02. The average molecular weight is 405 g/mol. The lowest BCUT2D eigenvalue weighted by molar-refractivity contribution is 0.0696. The van der Waals surface area contributed by atoms with E-state index in [0.29, 0.717) is 28.8 Å². The van der Waals surface area contributed by atoms with Gasteiger partial charge in [-0.1, -0.05) is 6.07 Å². The molecule has 0 fully saturated rings. The molecule has 0 saturated heterocycles. The summed E-state index contributed by atoms with van der Waals surface area (Å²) >= 11 is 0. The third-order valence-electron chi connectivity index (χ3n) is 4.55. The van der Waals surface area contributed by atoms with E-state index in [1.807, 2.05) is 29.8 Å². The van der Waals surface area contributed by atoms with Crippen LogP contribution in [-0.2, 0) is 13.7 Å². The van der Waals surface area contributed by atoms with Crippen molar-refractivity contribution in [3.63, 3.8) is 0 Å². The Kier molecular flexibility index (Phi) is 5.21. The summed E-state index contributed by atoms with van der Waals surface area (Å²) in [6.45, 7) is 0.199. The highest BCUT2D eigenvalue weighted by Gasteiger charge is 2.11. The maximum atomic E-state index is 11.1. The van der Waals surface area contributed by atoms with Gasteiger partial charge < -0.3 is 23.9 Å². The first-order valence-corrected chi connectivity index (χ1v) is 9.12. The largest absolute Gasteiger partial charge is 0.495 e. The smallest absolute Gasteiger partial charge is 0.335 e. The van der Waals surface area contributed by atoms with Crippen molar-refractivity contribution in [1.82, 2.24) is 14.5 Å². The van der Waals surface area contributed by atoms with Crippen molar-refractivity contribution in [2.45, 2.75) is 6.61 Å². The van der Waals surface area contributed by atoms with Crippen LogP contribution < -0.4 is 14.2 Å². The van der Waals surface area contributed by atoms with Gasteiger partial charge in [-0.3, -0.25) is 4.98 Å². The first-order valence-electron chi connectivity index (χ1n) is 9.12. The van der Waals surface area contributed by atoms with E-state index in [4.69, 9.17) is 19.3 Å². The fourth-order valence-corrected chi connectivity index (χ4v) is 2.98. The molecule has 2 aromatic carbocycles. The lowest BCUT2D eigenvalue weighted by Gasteiger charge is -2.08. The van der Waals surface area contributed by atoms with E-state index in [1.54, 1.807) is 37.7 Å². The fourth-order valence-electron chi connectivity index (χ4n) is 2.98. The van der Waals surface area contributed by atoms with E-state index in [1.165, 1.54) is 12.1 Å². The standard InChI is InChI=1S/C22H19N3O5/c1-25-20-10-16(30-18-9-17(28-2)11-23-12-18)6-7-19(20)24-21(25)13-29-15-5-3-4-14(8-15)22(26)27/h3-12H,13H2,1-2H3,(H,26,27). The van der Waals surface area contributed by atoms with Gasteiger partial charge in [-0.05, 0) is 30.3 Å². The van der Waals surface area contributed by atoms with Crippen LogP contribution in [0.1, 0.15) is 16.2 Å². The summed E-state index contributed by atoms with van der Waals surface area (Å²) < 4.78 is 18.7. The predicted molar refractivity (Wildman–Crippen MR) is 109 cm³/mol. The monoisotopic (exact) mass is 405 g/mol. The van der Waals surface area contributed by atoms with Crippen LogP contribution in [0, 0.1) is 0 Å². The zero-order chi connectivity index (χ0) is 21.1. The van der Waals surface area contributed by atoms with Gasteiger partial charge >= 0.3 is 5.97 Å². The number of rotatable bonds is 7. The Morgan fingerprint density at radius 1 is 1.03 bits per heavy atom. The first-order chi connectivity index (χ1) is 14.5. The second kappa shape index (κ2) is 8.12. The van der Waals surface area contributed by atoms with Crippen molar-refractivity contribution >= 4 is 17.0 Å². The van der Waals surface area contributed by atoms with E-state index in [9.17, 15) is 4.79 Å². The molecule has 2 heterocycles. The summed E-state index contributed by atoms with van der Waals surface area (Å²) in [5.41, 5.74) is 1.85. The molecule has 0 aliphatic heterocycles. The minimum atomic E-state index is -0.998. The molecule has 4 rings (SSSR count). The Bertz CT molecular complexity index is 1220. The van der Waals surface area contributed by atoms with Crippen LogP contribution in [0.3, 0.4) is 0 Å². The molecule has 0 bridgehead atoms. The number of aromatic carboxylic acids is 1. The van der Waals surface area contributed by atoms with Gasteiger partial charge in [0.1, 0.15) is 35.4 Å². The van der Waals surface area contributed by atoms with Crippen LogP contribution in [0.4, 0.5) is 0 Å². The van der Waals surface area contributed by atoms with E-state index in [-0.39, 0.29) is 12.2 Å². The predicted octanol–water partition coefficient (Wildman–Crippen LogP) is 4.05. The third-order valence-corrected chi connectivity index (χ3v) is 4.55. The molecule has 30 heavy (non-hydrogen) atoms. The van der Waals surface area contributed by atoms with Gasteiger partial charge in [-0.15, -0.1) is 0 Å². The highest BCUT2D eigenvalue weighted by molar-refractivity contribution is 5.88. The zero-order valence-electron chi connectivity index (χ0n) is 16.4. The molecule has 0 radical (unpaired) electrons. The van der Waals surface area contributed by atoms with Crippen molar-refractivity contribution in [2.75, 3.05) is 7.11 Å². The second-order valence-corrected chi connectivity index (χ2v) is 6.52. The number of hydrogen-bond acceptors (Lipinski definition) is 6. The number of imidazole rings is 1. The molecule has 0 amide bonds. The van der Waals surface area contributed by atoms with Crippen LogP contribution >= 0.6 is 0 Å². The number of ether oxygens (including phenoxy) is 3. The van der Waals surface area contributed by atoms with Crippen LogP contribution in [0.2, 0.25) is 0 Å². The van der Waals surface area contributed by atoms with Crippen LogP contribution in [-0.4, -0.2) is 32.7 Å². The number of carbonyl (C=O) groups is 1. The Morgan fingerprint density at radius 3 is 2.67 bits per heavy atom. The van der Waals surface area contributed by atoms with E-state index >= 15 is 0 Å². The Morgan fingerprint density at radius 2 is 1.87 bits per heavy atom. The summed E-state index contributed by atoms with van der Waals surface area (Å²) in [7, 11) is 3.46. The second-order valence-electron chi connectivity index (χ2n) is 6.52. The molecule has 0 spiro atoms. The van der Waals surface area contributed by atoms with Crippen molar-refractivity contribution < 1.29 is 24.1 Å². The number of nitrogens with zero attached hydrogens (tertiary/aromatic N) is 3. The molecule has 0 saturated carbocycles. The minimum Gasteiger partial charge on any atom is -0.495 e. The lowest BCUT2D eigenvalue weighted by Crippen LogP contribution is -2.04. The number of carboxylic acids is 1. The molecule has 152 valence electrons. The number of fused-ring (bicyclic) bond motifs is 1. The minimum absolute atomic E-state index is 0.173. The topological polar surface area (TPSA) is 95.7 Å². The van der Waals surface area contributed by atoms with Crippen molar-refractivity contribution in [1.29, 1.82) is 0 Å². The van der Waals surface area contributed by atoms with Gasteiger partial charge in [-0.2, -0.15) is 0 Å². The molecular weight excluding hydrogens is 386 g/mol. The molecular formula is C22H19N3O5. The number of methoxy groups -OCH3 is 1. The van der Waals surface area contributed by atoms with Gasteiger partial charge in [0.25, 0.3) is 0 Å². The summed E-state index contributed by atoms with van der Waals surface area (Å²) in [6.07, 6.45) is 3.22. The van der Waals surface area contributed by atoms with Crippen LogP contribution in [0.25, 0.3) is 11.0 Å². The highest BCUT2D eigenvalue weighted by atomic mass is 16.5. The van der Waals surface area contributed by atoms with Crippen LogP contribution in [0.15, 0.2) is 60.9 Å². The van der Waals surface area contributed by atoms with Gasteiger partial charge in [0.2, 0.25) is 0 Å². The van der Waals surface area contributed by atoms with Gasteiger partial charge in [0.05, 0.1) is 36.1 Å². The molecule has 8 heteroatoms. The fraction of sp³-hybridized carbons (Fsp3) is 0.136. The van der Waals surface area contributed by atoms with Gasteiger partial charge in [0, 0.05) is 19.2 Å². The number of pyridine rings is 1. The molecule has 0 unspecified atom stereocenters. The number of aryl methyl sites for hydroxylation is 1. The maximum Gasteiger partial charge on any atom is 0.335 e. The summed E-state index contributed by atoms with van der Waals surface area (Å²) in [5, 5.41) is 9.10. The maximum absolute atomic E-state index is 11.1. The Labute approximate surface area is 172 Å². The van der Waals surface area contributed by atoms with E-state index in [0.717, 1.165) is 11.0 Å². The quantitative estimate of drug-likeness (QED) is 0.496. The van der Waals surface area contributed by atoms with Crippen molar-refractivity contribution in [2.24, 2.45) is 7.05 Å². The number of aromatic nitrogens is 3. The SMILES string of the molecule is COc1cncc(Oc2ccc3nc(COc4cccc(C(=O)O)c4)n(C)c3c2)c1. The molecule has 8 nitrogen and oxygen atoms in total. The Balaban J connectivity index is 1.53. The highest BCUT2D eigenvalue weighted by Crippen LogP contribution is 2.27. The first kappa shape index (κ1) is 19.3. The number of carboxylic acid groups (broad SMARTS) is 1. The molecule has 2 aromatic heterocycles. The lowest BCUT2D eigenvalue weighted by atomic mass is 10.2. The summed E-state index contributed by atoms with van der Waals surface area (Å²) in [6, 6.07) is 13.7. The number of hydrogen-bond donors (Lipinski definition) is 1. The molecule has 0 atom stereocenters. The van der Waals surface area contributed by atoms with Crippen molar-refractivity contribution in [3.8, 4) is 23.0 Å². The zero-order valence-corrected chi connectivity index (χ0v) is 16.4. The van der Waals surface area contributed by atoms with Crippen molar-refractivity contribution in [3.05, 3.63) is 72.3 Å². The summed E-state index contributed by atoms with van der Waals surface area (Å²) in [4.78, 5) is 19.8. The van der Waals surface area contributed by atoms with Gasteiger partial charge in [0.15, 0.2) is 0 Å². The Hall–Kier alpha value is -4.07. The molecule has 0 aliphatic rings. The average Bonchev–Trinajstić information content (AvgIpc) is 3.08. The van der Waals surface area contributed by atoms with E-state index < -0.39 is 5.97 Å². The normalized spacial score (nSPS) is 10.7.